The van der Waals surface area contributed by atoms with Gasteiger partial charge in [0.15, 0.2) is 0 Å². The van der Waals surface area contributed by atoms with Crippen LogP contribution in [0.5, 0.6) is 0 Å². The van der Waals surface area contributed by atoms with E-state index in [9.17, 15) is 0 Å². The SMILES string of the molecule is Cc1ccc(C2=CCCC2(C)/C=C/O[Si](C)(C)C(C)(C)C)cc1. The Morgan fingerprint density at radius 3 is 2.30 bits per heavy atom. The van der Waals surface area contributed by atoms with Gasteiger partial charge in [-0.25, -0.2) is 0 Å². The molecule has 0 N–H and O–H groups in total. The molecular weight excluding hydrogens is 296 g/mol. The van der Waals surface area contributed by atoms with Crippen LogP contribution in [0, 0.1) is 12.3 Å². The molecule has 1 nitrogen and oxygen atoms in total. The highest BCUT2D eigenvalue weighted by Crippen LogP contribution is 2.46. The molecular formula is C21H32OSi. The quantitative estimate of drug-likeness (QED) is 0.440. The fourth-order valence-electron chi connectivity index (χ4n) is 2.77. The first-order valence-electron chi connectivity index (χ1n) is 8.68. The van der Waals surface area contributed by atoms with E-state index < -0.39 is 8.32 Å². The minimum absolute atomic E-state index is 0.0810. The summed E-state index contributed by atoms with van der Waals surface area (Å²) in [4.78, 5) is 0. The molecule has 2 rings (SSSR count). The summed E-state index contributed by atoms with van der Waals surface area (Å²) in [5, 5.41) is 0.240. The Morgan fingerprint density at radius 2 is 1.74 bits per heavy atom. The maximum Gasteiger partial charge on any atom is 0.249 e. The lowest BCUT2D eigenvalue weighted by molar-refractivity contribution is 0.418. The first-order chi connectivity index (χ1) is 10.6. The van der Waals surface area contributed by atoms with Crippen molar-refractivity contribution >= 4 is 13.9 Å². The van der Waals surface area contributed by atoms with Crippen LogP contribution in [0.1, 0.15) is 51.7 Å². The van der Waals surface area contributed by atoms with Crippen molar-refractivity contribution in [3.63, 3.8) is 0 Å². The van der Waals surface area contributed by atoms with Crippen LogP contribution in [-0.2, 0) is 4.43 Å². The van der Waals surface area contributed by atoms with Crippen molar-refractivity contribution in [1.82, 2.24) is 0 Å². The third kappa shape index (κ3) is 3.98. The molecule has 0 fully saturated rings. The fourth-order valence-corrected chi connectivity index (χ4v) is 3.53. The predicted molar refractivity (Wildman–Crippen MR) is 104 cm³/mol. The third-order valence-corrected chi connectivity index (χ3v) is 9.93. The van der Waals surface area contributed by atoms with E-state index in [1.807, 2.05) is 6.26 Å². The highest BCUT2D eigenvalue weighted by Gasteiger charge is 2.38. The minimum atomic E-state index is -1.72. The second kappa shape index (κ2) is 6.31. The lowest BCUT2D eigenvalue weighted by Gasteiger charge is -2.35. The van der Waals surface area contributed by atoms with Crippen LogP contribution < -0.4 is 0 Å². The largest absolute Gasteiger partial charge is 0.549 e. The van der Waals surface area contributed by atoms with Gasteiger partial charge in [-0.2, -0.15) is 0 Å². The molecule has 0 bridgehead atoms. The standard InChI is InChI=1S/C21H32OSi/c1-17-10-12-18(13-11-17)19-9-8-14-21(19,5)15-16-22-23(6,7)20(2,3)4/h9-13,15-16H,8,14H2,1-7H3/b16-15+. The van der Waals surface area contributed by atoms with Crippen LogP contribution in [0.3, 0.4) is 0 Å². The molecule has 0 heterocycles. The van der Waals surface area contributed by atoms with Gasteiger partial charge in [0.1, 0.15) is 0 Å². The molecule has 1 aromatic rings. The first-order valence-corrected chi connectivity index (χ1v) is 11.6. The minimum Gasteiger partial charge on any atom is -0.549 e. The molecule has 1 aliphatic carbocycles. The van der Waals surface area contributed by atoms with Crippen molar-refractivity contribution in [3.8, 4) is 0 Å². The zero-order chi connectivity index (χ0) is 17.3. The first kappa shape index (κ1) is 18.1. The summed E-state index contributed by atoms with van der Waals surface area (Å²) in [7, 11) is -1.72. The second-order valence-electron chi connectivity index (χ2n) is 8.62. The topological polar surface area (TPSA) is 9.23 Å². The zero-order valence-corrected chi connectivity index (χ0v) is 16.9. The average Bonchev–Trinajstić information content (AvgIpc) is 2.80. The van der Waals surface area contributed by atoms with Crippen LogP contribution in [0.25, 0.3) is 5.57 Å². The molecule has 126 valence electrons. The maximum absolute atomic E-state index is 6.26. The van der Waals surface area contributed by atoms with E-state index in [1.54, 1.807) is 0 Å². The predicted octanol–water partition coefficient (Wildman–Crippen LogP) is 6.71. The summed E-state index contributed by atoms with van der Waals surface area (Å²) in [5.74, 6) is 0. The molecule has 23 heavy (non-hydrogen) atoms. The van der Waals surface area contributed by atoms with Crippen molar-refractivity contribution in [2.45, 2.75) is 65.6 Å². The third-order valence-electron chi connectivity index (χ3n) is 5.59. The molecule has 0 spiro atoms. The van der Waals surface area contributed by atoms with E-state index in [1.165, 1.54) is 16.7 Å². The maximum atomic E-state index is 6.26. The van der Waals surface area contributed by atoms with Crippen molar-refractivity contribution in [1.29, 1.82) is 0 Å². The van der Waals surface area contributed by atoms with Crippen molar-refractivity contribution < 1.29 is 4.43 Å². The Balaban J connectivity index is 2.16. The van der Waals surface area contributed by atoms with Gasteiger partial charge in [-0.05, 0) is 55.1 Å². The molecule has 0 aliphatic heterocycles. The number of hydrogen-bond donors (Lipinski definition) is 0. The lowest BCUT2D eigenvalue weighted by atomic mass is 9.80. The van der Waals surface area contributed by atoms with Gasteiger partial charge in [0.05, 0.1) is 6.26 Å². The summed E-state index contributed by atoms with van der Waals surface area (Å²) in [6, 6.07) is 8.88. The van der Waals surface area contributed by atoms with E-state index in [0.717, 1.165) is 12.8 Å². The van der Waals surface area contributed by atoms with Crippen molar-refractivity contribution in [3.05, 3.63) is 53.8 Å². The molecule has 0 aromatic heterocycles. The van der Waals surface area contributed by atoms with Crippen LogP contribution in [0.2, 0.25) is 18.1 Å². The molecule has 0 radical (unpaired) electrons. The Kier molecular flexibility index (Phi) is 4.96. The number of aryl methyl sites for hydroxylation is 1. The Labute approximate surface area is 143 Å². The molecule has 0 amide bonds. The number of allylic oxidation sites excluding steroid dienone is 3. The molecule has 1 atom stereocenters. The van der Waals surface area contributed by atoms with Crippen molar-refractivity contribution in [2.24, 2.45) is 5.41 Å². The second-order valence-corrected chi connectivity index (χ2v) is 13.4. The van der Waals surface area contributed by atoms with Gasteiger partial charge in [-0.1, -0.05) is 63.6 Å². The summed E-state index contributed by atoms with van der Waals surface area (Å²) in [6.45, 7) is 15.9. The molecule has 1 unspecified atom stereocenters. The Morgan fingerprint density at radius 1 is 1.13 bits per heavy atom. The van der Waals surface area contributed by atoms with Crippen LogP contribution in [0.4, 0.5) is 0 Å². The highest BCUT2D eigenvalue weighted by molar-refractivity contribution is 6.74. The molecule has 1 aliphatic rings. The molecule has 0 saturated heterocycles. The van der Waals surface area contributed by atoms with E-state index in [4.69, 9.17) is 4.43 Å². The summed E-state index contributed by atoms with van der Waals surface area (Å²) in [5.41, 5.74) is 4.17. The Hall–Kier alpha value is -1.28. The normalized spacial score (nSPS) is 22.5. The summed E-state index contributed by atoms with van der Waals surface area (Å²) >= 11 is 0. The highest BCUT2D eigenvalue weighted by atomic mass is 28.4. The number of rotatable bonds is 4. The summed E-state index contributed by atoms with van der Waals surface area (Å²) < 4.78 is 6.26. The van der Waals surface area contributed by atoms with Gasteiger partial charge in [-0.15, -0.1) is 0 Å². The lowest BCUT2D eigenvalue weighted by Crippen LogP contribution is -2.39. The van der Waals surface area contributed by atoms with Crippen LogP contribution >= 0.6 is 0 Å². The van der Waals surface area contributed by atoms with Gasteiger partial charge in [0.25, 0.3) is 0 Å². The Bertz CT molecular complexity index is 602. The van der Waals surface area contributed by atoms with E-state index in [0.29, 0.717) is 0 Å². The number of hydrogen-bond acceptors (Lipinski definition) is 1. The number of benzene rings is 1. The molecule has 2 heteroatoms. The van der Waals surface area contributed by atoms with Gasteiger partial charge in [0.2, 0.25) is 8.32 Å². The van der Waals surface area contributed by atoms with Gasteiger partial charge >= 0.3 is 0 Å². The smallest absolute Gasteiger partial charge is 0.249 e. The summed E-state index contributed by atoms with van der Waals surface area (Å²) in [6.07, 6.45) is 8.97. The van der Waals surface area contributed by atoms with Gasteiger partial charge < -0.3 is 4.43 Å². The van der Waals surface area contributed by atoms with E-state index in [2.05, 4.69) is 84.1 Å². The van der Waals surface area contributed by atoms with E-state index in [-0.39, 0.29) is 10.5 Å². The van der Waals surface area contributed by atoms with Crippen molar-refractivity contribution in [2.75, 3.05) is 0 Å². The van der Waals surface area contributed by atoms with Gasteiger partial charge in [0, 0.05) is 5.41 Å². The molecule has 1 aromatic carbocycles. The fraction of sp³-hybridized carbons (Fsp3) is 0.524. The van der Waals surface area contributed by atoms with Crippen LogP contribution in [0.15, 0.2) is 42.7 Å². The van der Waals surface area contributed by atoms with Crippen LogP contribution in [-0.4, -0.2) is 8.32 Å². The van der Waals surface area contributed by atoms with E-state index >= 15 is 0 Å². The van der Waals surface area contributed by atoms with Gasteiger partial charge in [-0.3, -0.25) is 0 Å². The average molecular weight is 329 g/mol. The monoisotopic (exact) mass is 328 g/mol. The zero-order valence-electron chi connectivity index (χ0n) is 15.9. The molecule has 0 saturated carbocycles.